The largest absolute Gasteiger partial charge is 0.280 e. The summed E-state index contributed by atoms with van der Waals surface area (Å²) in [4.78, 5) is 0.117. The SMILES string of the molecule is Cc1ccccc1S(=O)(=O)Nc1ccc(S(=O)(=O)/C=C/C#N)cc1. The molecule has 0 atom stereocenters. The van der Waals surface area contributed by atoms with E-state index in [4.69, 9.17) is 5.26 Å². The molecule has 8 heteroatoms. The Morgan fingerprint density at radius 2 is 1.62 bits per heavy atom. The number of anilines is 1. The minimum atomic E-state index is -3.76. The summed E-state index contributed by atoms with van der Waals surface area (Å²) in [6, 6.07) is 13.4. The van der Waals surface area contributed by atoms with Crippen LogP contribution in [0.3, 0.4) is 0 Å². The van der Waals surface area contributed by atoms with Gasteiger partial charge in [0.05, 0.1) is 15.9 Å². The van der Waals surface area contributed by atoms with Gasteiger partial charge in [-0.1, -0.05) is 18.2 Å². The molecular formula is C16H14N2O4S2. The molecular weight excluding hydrogens is 348 g/mol. The summed E-state index contributed by atoms with van der Waals surface area (Å²) in [5.41, 5.74) is 0.840. The smallest absolute Gasteiger partial charge is 0.262 e. The van der Waals surface area contributed by atoms with Gasteiger partial charge < -0.3 is 0 Å². The van der Waals surface area contributed by atoms with E-state index in [1.165, 1.54) is 30.3 Å². The number of sulfone groups is 1. The second-order valence-electron chi connectivity index (χ2n) is 4.87. The number of nitrogens with one attached hydrogen (secondary N) is 1. The van der Waals surface area contributed by atoms with Crippen molar-refractivity contribution in [2.45, 2.75) is 16.7 Å². The normalized spacial score (nSPS) is 12.0. The predicted octanol–water partition coefficient (Wildman–Crippen LogP) is 2.61. The van der Waals surface area contributed by atoms with Gasteiger partial charge in [0.1, 0.15) is 0 Å². The van der Waals surface area contributed by atoms with Crippen LogP contribution in [-0.2, 0) is 19.9 Å². The molecule has 1 N–H and O–H groups in total. The van der Waals surface area contributed by atoms with Crippen LogP contribution in [0, 0.1) is 18.3 Å². The third-order valence-electron chi connectivity index (χ3n) is 3.14. The van der Waals surface area contributed by atoms with Gasteiger partial charge in [0.15, 0.2) is 0 Å². The van der Waals surface area contributed by atoms with Crippen molar-refractivity contribution in [1.82, 2.24) is 0 Å². The molecule has 2 rings (SSSR count). The molecule has 0 heterocycles. The molecule has 0 aliphatic carbocycles. The molecule has 0 fully saturated rings. The zero-order valence-corrected chi connectivity index (χ0v) is 14.3. The fourth-order valence-electron chi connectivity index (χ4n) is 1.98. The zero-order valence-electron chi connectivity index (χ0n) is 12.7. The van der Waals surface area contributed by atoms with Crippen molar-refractivity contribution >= 4 is 25.5 Å². The lowest BCUT2D eigenvalue weighted by atomic mass is 10.2. The van der Waals surface area contributed by atoms with E-state index < -0.39 is 19.9 Å². The van der Waals surface area contributed by atoms with Crippen molar-refractivity contribution in [3.8, 4) is 6.07 Å². The fourth-order valence-corrected chi connectivity index (χ4v) is 4.20. The van der Waals surface area contributed by atoms with Gasteiger partial charge in [0.25, 0.3) is 10.0 Å². The van der Waals surface area contributed by atoms with Crippen LogP contribution in [0.1, 0.15) is 5.56 Å². The maximum Gasteiger partial charge on any atom is 0.262 e. The summed E-state index contributed by atoms with van der Waals surface area (Å²) >= 11 is 0. The van der Waals surface area contributed by atoms with Gasteiger partial charge in [0, 0.05) is 17.2 Å². The van der Waals surface area contributed by atoms with Crippen LogP contribution >= 0.6 is 0 Å². The number of nitrogens with zero attached hydrogens (tertiary/aromatic N) is 1. The molecule has 0 saturated carbocycles. The van der Waals surface area contributed by atoms with E-state index >= 15 is 0 Å². The number of sulfonamides is 1. The van der Waals surface area contributed by atoms with Crippen LogP contribution in [0.25, 0.3) is 0 Å². The quantitative estimate of drug-likeness (QED) is 0.823. The Kier molecular flexibility index (Phi) is 5.07. The molecule has 0 aliphatic rings. The predicted molar refractivity (Wildman–Crippen MR) is 90.4 cm³/mol. The summed E-state index contributed by atoms with van der Waals surface area (Å²) < 4.78 is 50.9. The summed E-state index contributed by atoms with van der Waals surface area (Å²) in [5.74, 6) is 0. The summed E-state index contributed by atoms with van der Waals surface area (Å²) in [6.45, 7) is 1.69. The van der Waals surface area contributed by atoms with Crippen molar-refractivity contribution < 1.29 is 16.8 Å². The van der Waals surface area contributed by atoms with Gasteiger partial charge in [-0.05, 0) is 42.8 Å². The highest BCUT2D eigenvalue weighted by Crippen LogP contribution is 2.21. The Labute approximate surface area is 141 Å². The summed E-state index contributed by atoms with van der Waals surface area (Å²) in [6.07, 6.45) is 0.865. The minimum absolute atomic E-state index is 0.0344. The van der Waals surface area contributed by atoms with Crippen molar-refractivity contribution in [3.63, 3.8) is 0 Å². The average molecular weight is 362 g/mol. The number of hydrogen-bond donors (Lipinski definition) is 1. The maximum absolute atomic E-state index is 12.4. The van der Waals surface area contributed by atoms with Crippen LogP contribution in [0.4, 0.5) is 5.69 Å². The highest BCUT2D eigenvalue weighted by Gasteiger charge is 2.17. The monoisotopic (exact) mass is 362 g/mol. The molecule has 0 aliphatic heterocycles. The first-order chi connectivity index (χ1) is 11.3. The molecule has 0 bridgehead atoms. The molecule has 0 saturated heterocycles. The lowest BCUT2D eigenvalue weighted by molar-refractivity contribution is 0.600. The maximum atomic E-state index is 12.4. The second-order valence-corrected chi connectivity index (χ2v) is 8.36. The molecule has 2 aromatic carbocycles. The number of allylic oxidation sites excluding steroid dienone is 1. The minimum Gasteiger partial charge on any atom is -0.280 e. The van der Waals surface area contributed by atoms with E-state index in [1.807, 2.05) is 0 Å². The Bertz CT molecular complexity index is 1020. The summed E-state index contributed by atoms with van der Waals surface area (Å²) in [7, 11) is -7.49. The molecule has 124 valence electrons. The topological polar surface area (TPSA) is 104 Å². The standard InChI is InChI=1S/C16H14N2O4S2/c1-13-5-2-3-6-16(13)24(21,22)18-14-7-9-15(10-8-14)23(19,20)12-4-11-17/h2-10,12,18H,1H3/b12-4+. The highest BCUT2D eigenvalue weighted by atomic mass is 32.2. The Morgan fingerprint density at radius 3 is 2.21 bits per heavy atom. The van der Waals surface area contributed by atoms with Gasteiger partial charge in [-0.25, -0.2) is 16.8 Å². The third-order valence-corrected chi connectivity index (χ3v) is 6.11. The Hall–Kier alpha value is -2.63. The van der Waals surface area contributed by atoms with E-state index in [-0.39, 0.29) is 15.5 Å². The number of benzene rings is 2. The number of aryl methyl sites for hydroxylation is 1. The Morgan fingerprint density at radius 1 is 1.00 bits per heavy atom. The third kappa shape index (κ3) is 4.01. The van der Waals surface area contributed by atoms with Crippen molar-refractivity contribution in [2.75, 3.05) is 4.72 Å². The van der Waals surface area contributed by atoms with Crippen molar-refractivity contribution in [3.05, 3.63) is 65.6 Å². The van der Waals surface area contributed by atoms with Gasteiger partial charge in [-0.3, -0.25) is 4.72 Å². The van der Waals surface area contributed by atoms with Crippen LogP contribution in [0.2, 0.25) is 0 Å². The van der Waals surface area contributed by atoms with Crippen LogP contribution in [-0.4, -0.2) is 16.8 Å². The number of nitriles is 1. The molecule has 6 nitrogen and oxygen atoms in total. The first kappa shape index (κ1) is 17.7. The number of rotatable bonds is 5. The molecule has 0 amide bonds. The molecule has 0 radical (unpaired) electrons. The highest BCUT2D eigenvalue weighted by molar-refractivity contribution is 7.94. The fraction of sp³-hybridized carbons (Fsp3) is 0.0625. The van der Waals surface area contributed by atoms with Crippen molar-refractivity contribution in [1.29, 1.82) is 5.26 Å². The molecule has 0 aromatic heterocycles. The lowest BCUT2D eigenvalue weighted by Gasteiger charge is -2.10. The van der Waals surface area contributed by atoms with Crippen LogP contribution < -0.4 is 4.72 Å². The first-order valence-electron chi connectivity index (χ1n) is 6.76. The first-order valence-corrected chi connectivity index (χ1v) is 9.79. The van der Waals surface area contributed by atoms with Gasteiger partial charge in [0.2, 0.25) is 9.84 Å². The van der Waals surface area contributed by atoms with Crippen LogP contribution in [0.15, 0.2) is 69.8 Å². The number of hydrogen-bond acceptors (Lipinski definition) is 5. The summed E-state index contributed by atoms with van der Waals surface area (Å²) in [5, 5.41) is 9.19. The van der Waals surface area contributed by atoms with E-state index in [1.54, 1.807) is 31.2 Å². The van der Waals surface area contributed by atoms with E-state index in [0.717, 1.165) is 11.5 Å². The molecule has 0 spiro atoms. The van der Waals surface area contributed by atoms with Crippen LogP contribution in [0.5, 0.6) is 0 Å². The average Bonchev–Trinajstić information content (AvgIpc) is 2.53. The molecule has 2 aromatic rings. The second kappa shape index (κ2) is 6.86. The van der Waals surface area contributed by atoms with E-state index in [0.29, 0.717) is 5.56 Å². The van der Waals surface area contributed by atoms with E-state index in [9.17, 15) is 16.8 Å². The Balaban J connectivity index is 2.29. The lowest BCUT2D eigenvalue weighted by Crippen LogP contribution is -2.14. The van der Waals surface area contributed by atoms with Gasteiger partial charge >= 0.3 is 0 Å². The molecule has 24 heavy (non-hydrogen) atoms. The van der Waals surface area contributed by atoms with Crippen molar-refractivity contribution in [2.24, 2.45) is 0 Å². The van der Waals surface area contributed by atoms with E-state index in [2.05, 4.69) is 4.72 Å². The van der Waals surface area contributed by atoms with Gasteiger partial charge in [-0.15, -0.1) is 0 Å². The zero-order chi connectivity index (χ0) is 17.8. The van der Waals surface area contributed by atoms with Gasteiger partial charge in [-0.2, -0.15) is 5.26 Å². The molecule has 0 unspecified atom stereocenters.